The fourth-order valence-corrected chi connectivity index (χ4v) is 6.98. The highest BCUT2D eigenvalue weighted by Crippen LogP contribution is 2.55. The first-order valence-corrected chi connectivity index (χ1v) is 13.5. The number of Topliss-reactive ketones (excluding diaryl/α,β-unsaturated/α-hetero) is 1. The predicted molar refractivity (Wildman–Crippen MR) is 142 cm³/mol. The second kappa shape index (κ2) is 9.79. The lowest BCUT2D eigenvalue weighted by atomic mass is 9.59. The van der Waals surface area contributed by atoms with Crippen LogP contribution < -0.4 is 4.74 Å². The standard InChI is InChI=1S/C28H26INO8/c1-12-8-19(31)24-17(25(12)34)11-16-14(22(24)13-9-18(29)26(35)20(10-13)38-2)5-6-15-23(16)28(37)30(27(15)36)7-3-4-21(32)33/h5,8-10,15-16,22-23,35H,3-4,6-7,11H2,1-2H3,(H,32,33)/t15-,16+,22-,23-/m0/s1. The summed E-state index contributed by atoms with van der Waals surface area (Å²) in [5.41, 5.74) is 2.50. The molecular formula is C28H26INO8. The van der Waals surface area contributed by atoms with Crippen LogP contribution in [0.15, 0.2) is 46.6 Å². The third kappa shape index (κ3) is 4.09. The van der Waals surface area contributed by atoms with Gasteiger partial charge in [0, 0.05) is 35.6 Å². The van der Waals surface area contributed by atoms with E-state index in [4.69, 9.17) is 9.84 Å². The SMILES string of the molecule is COc1cc([C@H]2C3=CC[C@@H]4C(=O)N(CCCC(=O)O)C(=O)[C@@H]4[C@@H]3CC3=C2C(=O)C=C(C)C3=O)cc(I)c1O. The number of hydrogen-bond acceptors (Lipinski definition) is 7. The van der Waals surface area contributed by atoms with Gasteiger partial charge in [0.05, 0.1) is 22.5 Å². The molecule has 2 N–H and O–H groups in total. The number of carboxylic acid groups (broad SMARTS) is 1. The van der Waals surface area contributed by atoms with Gasteiger partial charge in [-0.05, 0) is 78.5 Å². The van der Waals surface area contributed by atoms with E-state index in [0.717, 1.165) is 5.57 Å². The van der Waals surface area contributed by atoms with E-state index in [-0.39, 0.29) is 60.7 Å². The van der Waals surface area contributed by atoms with Crippen molar-refractivity contribution in [3.05, 3.63) is 55.7 Å². The molecule has 198 valence electrons. The quantitative estimate of drug-likeness (QED) is 0.211. The summed E-state index contributed by atoms with van der Waals surface area (Å²) in [5.74, 6) is -4.41. The van der Waals surface area contributed by atoms with Gasteiger partial charge in [0.2, 0.25) is 11.8 Å². The molecule has 1 aromatic rings. The molecule has 4 aliphatic rings. The Labute approximate surface area is 232 Å². The second-order valence-electron chi connectivity index (χ2n) is 10.1. The van der Waals surface area contributed by atoms with E-state index in [9.17, 15) is 29.1 Å². The third-order valence-corrected chi connectivity index (χ3v) is 8.85. The van der Waals surface area contributed by atoms with E-state index in [0.29, 0.717) is 32.3 Å². The minimum atomic E-state index is -0.997. The number of aromatic hydroxyl groups is 1. The van der Waals surface area contributed by atoms with Crippen LogP contribution in [0.4, 0.5) is 0 Å². The Morgan fingerprint density at radius 3 is 2.58 bits per heavy atom. The maximum atomic E-state index is 13.6. The topological polar surface area (TPSA) is 138 Å². The summed E-state index contributed by atoms with van der Waals surface area (Å²) < 4.78 is 5.87. The molecule has 1 heterocycles. The van der Waals surface area contributed by atoms with Gasteiger partial charge in [-0.2, -0.15) is 0 Å². The van der Waals surface area contributed by atoms with E-state index in [1.165, 1.54) is 18.1 Å². The molecular weight excluding hydrogens is 605 g/mol. The lowest BCUT2D eigenvalue weighted by molar-refractivity contribution is -0.142. The number of aliphatic carboxylic acids is 1. The molecule has 1 aliphatic heterocycles. The first-order valence-electron chi connectivity index (χ1n) is 12.4. The van der Waals surface area contributed by atoms with Gasteiger partial charge in [0.1, 0.15) is 0 Å². The summed E-state index contributed by atoms with van der Waals surface area (Å²) in [6.45, 7) is 1.62. The number of ketones is 2. The number of imide groups is 1. The molecule has 3 aliphatic carbocycles. The normalized spacial score (nSPS) is 26.6. The van der Waals surface area contributed by atoms with Crippen molar-refractivity contribution in [2.24, 2.45) is 17.8 Å². The number of hydrogen-bond donors (Lipinski definition) is 2. The Bertz CT molecular complexity index is 1400. The Morgan fingerprint density at radius 1 is 1.16 bits per heavy atom. The number of amides is 2. The van der Waals surface area contributed by atoms with Crippen LogP contribution in [-0.2, 0) is 24.0 Å². The largest absolute Gasteiger partial charge is 0.504 e. The van der Waals surface area contributed by atoms with Crippen LogP contribution in [0.3, 0.4) is 0 Å². The molecule has 0 saturated carbocycles. The smallest absolute Gasteiger partial charge is 0.303 e. The first-order chi connectivity index (χ1) is 18.0. The fourth-order valence-electron chi connectivity index (χ4n) is 6.35. The zero-order valence-electron chi connectivity index (χ0n) is 20.8. The maximum Gasteiger partial charge on any atom is 0.303 e. The number of methoxy groups -OCH3 is 1. The van der Waals surface area contributed by atoms with Crippen molar-refractivity contribution in [2.45, 2.75) is 38.5 Å². The molecule has 1 aromatic carbocycles. The van der Waals surface area contributed by atoms with Crippen molar-refractivity contribution in [1.82, 2.24) is 4.90 Å². The van der Waals surface area contributed by atoms with Crippen molar-refractivity contribution in [3.63, 3.8) is 0 Å². The number of carbonyl (C=O) groups is 5. The Morgan fingerprint density at radius 2 is 1.89 bits per heavy atom. The van der Waals surface area contributed by atoms with Crippen LogP contribution in [0.5, 0.6) is 11.5 Å². The zero-order valence-corrected chi connectivity index (χ0v) is 23.0. The molecule has 0 radical (unpaired) electrons. The van der Waals surface area contributed by atoms with E-state index < -0.39 is 29.6 Å². The number of phenols is 1. The number of carbonyl (C=O) groups excluding carboxylic acids is 4. The number of fused-ring (bicyclic) bond motifs is 3. The van der Waals surface area contributed by atoms with Crippen LogP contribution >= 0.6 is 22.6 Å². The van der Waals surface area contributed by atoms with Gasteiger partial charge < -0.3 is 14.9 Å². The average Bonchev–Trinajstić information content (AvgIpc) is 3.12. The van der Waals surface area contributed by atoms with Crippen molar-refractivity contribution in [3.8, 4) is 11.5 Å². The summed E-state index contributed by atoms with van der Waals surface area (Å²) in [5, 5.41) is 19.4. The first kappa shape index (κ1) is 26.3. The van der Waals surface area contributed by atoms with Crippen molar-refractivity contribution < 1.29 is 38.9 Å². The van der Waals surface area contributed by atoms with E-state index in [1.54, 1.807) is 19.1 Å². The molecule has 2 amide bonds. The van der Waals surface area contributed by atoms with Gasteiger partial charge in [-0.3, -0.25) is 28.9 Å². The monoisotopic (exact) mass is 631 g/mol. The lowest BCUT2D eigenvalue weighted by Gasteiger charge is -2.42. The van der Waals surface area contributed by atoms with Crippen molar-refractivity contribution in [2.75, 3.05) is 13.7 Å². The maximum absolute atomic E-state index is 13.6. The Balaban J connectivity index is 1.61. The minimum absolute atomic E-state index is 0.0308. The summed E-state index contributed by atoms with van der Waals surface area (Å²) in [6.07, 6.45) is 3.75. The number of likely N-dealkylation sites (tertiary alicyclic amines) is 1. The van der Waals surface area contributed by atoms with Crippen molar-refractivity contribution >= 4 is 51.9 Å². The highest BCUT2D eigenvalue weighted by Gasteiger charge is 2.56. The van der Waals surface area contributed by atoms with E-state index in [1.807, 2.05) is 28.7 Å². The van der Waals surface area contributed by atoms with Crippen LogP contribution in [0.1, 0.15) is 44.1 Å². The number of benzene rings is 1. The number of ether oxygens (including phenoxy) is 1. The molecule has 9 nitrogen and oxygen atoms in total. The predicted octanol–water partition coefficient (Wildman–Crippen LogP) is 3.30. The van der Waals surface area contributed by atoms with Gasteiger partial charge in [-0.1, -0.05) is 11.6 Å². The van der Waals surface area contributed by atoms with Gasteiger partial charge in [0.15, 0.2) is 23.1 Å². The van der Waals surface area contributed by atoms with Crippen LogP contribution in [0, 0.1) is 21.3 Å². The molecule has 0 aromatic heterocycles. The number of halogens is 1. The van der Waals surface area contributed by atoms with E-state index >= 15 is 0 Å². The molecule has 0 spiro atoms. The number of nitrogens with zero attached hydrogens (tertiary/aromatic N) is 1. The lowest BCUT2D eigenvalue weighted by Crippen LogP contribution is -2.40. The molecule has 0 unspecified atom stereocenters. The van der Waals surface area contributed by atoms with Gasteiger partial charge in [-0.25, -0.2) is 0 Å². The third-order valence-electron chi connectivity index (χ3n) is 8.03. The van der Waals surface area contributed by atoms with Gasteiger partial charge >= 0.3 is 5.97 Å². The fraction of sp³-hybridized carbons (Fsp3) is 0.393. The highest BCUT2D eigenvalue weighted by molar-refractivity contribution is 14.1. The van der Waals surface area contributed by atoms with Crippen LogP contribution in [-0.4, -0.2) is 58.1 Å². The van der Waals surface area contributed by atoms with Gasteiger partial charge in [0.25, 0.3) is 0 Å². The van der Waals surface area contributed by atoms with E-state index in [2.05, 4.69) is 0 Å². The highest BCUT2D eigenvalue weighted by atomic mass is 127. The van der Waals surface area contributed by atoms with Crippen molar-refractivity contribution in [1.29, 1.82) is 0 Å². The second-order valence-corrected chi connectivity index (χ2v) is 11.3. The number of carboxylic acids is 1. The summed E-state index contributed by atoms with van der Waals surface area (Å²) in [6, 6.07) is 3.39. The molecule has 10 heteroatoms. The van der Waals surface area contributed by atoms with Crippen LogP contribution in [0.2, 0.25) is 0 Å². The van der Waals surface area contributed by atoms with Gasteiger partial charge in [-0.15, -0.1) is 0 Å². The average molecular weight is 631 g/mol. The molecule has 1 fully saturated rings. The zero-order chi connectivity index (χ0) is 27.5. The minimum Gasteiger partial charge on any atom is -0.504 e. The molecule has 0 bridgehead atoms. The molecule has 5 rings (SSSR count). The molecule has 4 atom stereocenters. The number of phenolic OH excluding ortho intramolecular Hbond substituents is 1. The summed E-state index contributed by atoms with van der Waals surface area (Å²) in [7, 11) is 1.43. The molecule has 38 heavy (non-hydrogen) atoms. The number of allylic oxidation sites excluding steroid dienone is 6. The Kier molecular flexibility index (Phi) is 6.79. The summed E-state index contributed by atoms with van der Waals surface area (Å²) >= 11 is 1.98. The van der Waals surface area contributed by atoms with Crippen LogP contribution in [0.25, 0.3) is 0 Å². The Hall–Kier alpha value is -3.28. The summed E-state index contributed by atoms with van der Waals surface area (Å²) in [4.78, 5) is 65.6. The number of rotatable bonds is 6. The molecule has 1 saturated heterocycles.